The number of hydrogen-bond donors (Lipinski definition) is 1. The van der Waals surface area contributed by atoms with E-state index in [9.17, 15) is 5.11 Å². The third-order valence-corrected chi connectivity index (χ3v) is 22.1. The van der Waals surface area contributed by atoms with Crippen molar-refractivity contribution in [3.63, 3.8) is 0 Å². The Bertz CT molecular complexity index is 1130. The van der Waals surface area contributed by atoms with Crippen molar-refractivity contribution in [2.75, 3.05) is 0 Å². The van der Waals surface area contributed by atoms with Gasteiger partial charge in [-0.2, -0.15) is 0 Å². The molecule has 0 heterocycles. The summed E-state index contributed by atoms with van der Waals surface area (Å²) in [5, 5.41) is 10.8. The average Bonchev–Trinajstić information content (AvgIpc) is 3.68. The molecule has 3 nitrogen and oxygen atoms in total. The molecule has 0 aromatic heterocycles. The van der Waals surface area contributed by atoms with Gasteiger partial charge in [-0.05, 0) is 128 Å². The quantitative estimate of drug-likeness (QED) is 0.201. The molecule has 0 amide bonds. The molecule has 4 fully saturated rings. The van der Waals surface area contributed by atoms with E-state index in [1.54, 1.807) is 5.57 Å². The van der Waals surface area contributed by atoms with Crippen LogP contribution >= 0.6 is 0 Å². The number of hydrogen-bond acceptors (Lipinski definition) is 3. The molecular weight excluding hydrogens is 573 g/mol. The lowest BCUT2D eigenvalue weighted by Crippen LogP contribution is -2.49. The molecule has 1 unspecified atom stereocenters. The Morgan fingerprint density at radius 2 is 1.52 bits per heavy atom. The van der Waals surface area contributed by atoms with Crippen molar-refractivity contribution in [1.29, 1.82) is 0 Å². The van der Waals surface area contributed by atoms with Gasteiger partial charge in [-0.1, -0.05) is 91.8 Å². The Morgan fingerprint density at radius 1 is 0.909 bits per heavy atom. The summed E-state index contributed by atoms with van der Waals surface area (Å²) >= 11 is 0. The van der Waals surface area contributed by atoms with Gasteiger partial charge < -0.3 is 14.0 Å². The van der Waals surface area contributed by atoms with E-state index < -0.39 is 16.6 Å². The lowest BCUT2D eigenvalue weighted by molar-refractivity contribution is 0.0969. The van der Waals surface area contributed by atoms with E-state index in [0.717, 1.165) is 12.8 Å². The maximum Gasteiger partial charge on any atom is 0.192 e. The molecule has 0 aromatic rings. The van der Waals surface area contributed by atoms with Gasteiger partial charge in [-0.25, -0.2) is 0 Å². The SMILES string of the molecule is C=C1/C(=C/C=C2CCC[C@]3(C)[C@@H]([C@H](C)/C=C/C(O)C4CC4)CC[C@@H]23)C[C@@H](O[Si](C)(C)C(C)(C)C)C[C@@H]1O[Si](C)(C)C(C)(C)C. The molecule has 0 aromatic carbocycles. The van der Waals surface area contributed by atoms with Gasteiger partial charge in [0.25, 0.3) is 0 Å². The highest BCUT2D eigenvalue weighted by Gasteiger charge is 2.50. The van der Waals surface area contributed by atoms with Gasteiger partial charge in [0.05, 0.1) is 18.3 Å². The van der Waals surface area contributed by atoms with Gasteiger partial charge in [-0.15, -0.1) is 0 Å². The Morgan fingerprint density at radius 3 is 2.11 bits per heavy atom. The van der Waals surface area contributed by atoms with Crippen molar-refractivity contribution in [3.05, 3.63) is 47.6 Å². The molecule has 0 spiro atoms. The first-order chi connectivity index (χ1) is 20.2. The second-order valence-corrected chi connectivity index (χ2v) is 27.9. The smallest absolute Gasteiger partial charge is 0.192 e. The molecule has 0 bridgehead atoms. The topological polar surface area (TPSA) is 38.7 Å². The van der Waals surface area contributed by atoms with Crippen LogP contribution in [0.5, 0.6) is 0 Å². The van der Waals surface area contributed by atoms with E-state index in [-0.39, 0.29) is 28.4 Å². The predicted molar refractivity (Wildman–Crippen MR) is 194 cm³/mol. The van der Waals surface area contributed by atoms with Crippen molar-refractivity contribution >= 4 is 16.6 Å². The molecule has 44 heavy (non-hydrogen) atoms. The molecule has 4 rings (SSSR count). The van der Waals surface area contributed by atoms with Crippen LogP contribution in [0.15, 0.2) is 47.6 Å². The molecular formula is C39H68O3Si2. The lowest BCUT2D eigenvalue weighted by atomic mass is 9.61. The third kappa shape index (κ3) is 7.86. The molecule has 4 saturated carbocycles. The summed E-state index contributed by atoms with van der Waals surface area (Å²) in [5.74, 6) is 2.35. The van der Waals surface area contributed by atoms with Gasteiger partial charge in [0.2, 0.25) is 0 Å². The van der Waals surface area contributed by atoms with Crippen molar-refractivity contribution in [2.45, 2.75) is 168 Å². The van der Waals surface area contributed by atoms with Gasteiger partial charge in [-0.3, -0.25) is 0 Å². The normalized spacial score (nSPS) is 34.2. The summed E-state index contributed by atoms with van der Waals surface area (Å²) in [6.45, 7) is 33.2. The van der Waals surface area contributed by atoms with Gasteiger partial charge in [0.15, 0.2) is 16.6 Å². The number of fused-ring (bicyclic) bond motifs is 1. The van der Waals surface area contributed by atoms with Gasteiger partial charge in [0, 0.05) is 6.42 Å². The standard InChI is InChI=1S/C39H68O3Si2/c1-27(16-23-35(40)30-18-19-30)33-21-22-34-29(15-14-24-39(33,34)9)17-20-31-25-32(41-43(10,11)37(3,4)5)26-36(28(31)2)42-44(12,13)38(6,7)8/h16-17,20,23,27,30,32-36,40H,2,14-15,18-19,21-22,24-26H2,1,3-13H3/b23-16+,29-17?,31-20+/t27-,32-,33-,34+,35?,36+,39-/m1/s1. The van der Waals surface area contributed by atoms with E-state index in [1.807, 2.05) is 0 Å². The maximum absolute atomic E-state index is 10.5. The van der Waals surface area contributed by atoms with Crippen molar-refractivity contribution in [2.24, 2.45) is 29.1 Å². The van der Waals surface area contributed by atoms with Crippen LogP contribution < -0.4 is 0 Å². The zero-order chi connectivity index (χ0) is 32.9. The van der Waals surface area contributed by atoms with E-state index in [0.29, 0.717) is 29.1 Å². The number of allylic oxidation sites excluding steroid dienone is 4. The summed E-state index contributed by atoms with van der Waals surface area (Å²) < 4.78 is 14.2. The largest absolute Gasteiger partial charge is 0.413 e. The molecule has 4 aliphatic rings. The second-order valence-electron chi connectivity index (χ2n) is 18.4. The van der Waals surface area contributed by atoms with Crippen LogP contribution in [0.1, 0.15) is 113 Å². The van der Waals surface area contributed by atoms with Crippen LogP contribution in [0.3, 0.4) is 0 Å². The first-order valence-corrected chi connectivity index (χ1v) is 23.8. The fraction of sp³-hybridized carbons (Fsp3) is 0.795. The molecule has 4 aliphatic carbocycles. The number of aliphatic hydroxyl groups is 1. The zero-order valence-corrected chi connectivity index (χ0v) is 32.7. The molecule has 0 radical (unpaired) electrons. The van der Waals surface area contributed by atoms with E-state index in [2.05, 4.69) is 112 Å². The Hall–Kier alpha value is -0.726. The summed E-state index contributed by atoms with van der Waals surface area (Å²) in [4.78, 5) is 0. The van der Waals surface area contributed by atoms with E-state index in [1.165, 1.54) is 56.1 Å². The summed E-state index contributed by atoms with van der Waals surface area (Å²) in [7, 11) is -3.90. The highest BCUT2D eigenvalue weighted by atomic mass is 28.4. The average molecular weight is 641 g/mol. The monoisotopic (exact) mass is 640 g/mol. The van der Waals surface area contributed by atoms with E-state index in [4.69, 9.17) is 8.85 Å². The number of rotatable bonds is 9. The predicted octanol–water partition coefficient (Wildman–Crippen LogP) is 11.1. The lowest BCUT2D eigenvalue weighted by Gasteiger charge is -2.45. The fourth-order valence-corrected chi connectivity index (χ4v) is 10.6. The zero-order valence-electron chi connectivity index (χ0n) is 30.7. The minimum atomic E-state index is -1.98. The van der Waals surface area contributed by atoms with Crippen LogP contribution in [0.25, 0.3) is 0 Å². The molecule has 1 N–H and O–H groups in total. The van der Waals surface area contributed by atoms with Crippen LogP contribution in [0, 0.1) is 29.1 Å². The van der Waals surface area contributed by atoms with Crippen molar-refractivity contribution < 1.29 is 14.0 Å². The van der Waals surface area contributed by atoms with Crippen LogP contribution in [-0.2, 0) is 8.85 Å². The first kappa shape index (κ1) is 36.1. The van der Waals surface area contributed by atoms with Crippen LogP contribution in [0.2, 0.25) is 36.3 Å². The van der Waals surface area contributed by atoms with Crippen LogP contribution in [-0.4, -0.2) is 40.1 Å². The summed E-state index contributed by atoms with van der Waals surface area (Å²) in [5.41, 5.74) is 4.49. The van der Waals surface area contributed by atoms with Crippen molar-refractivity contribution in [1.82, 2.24) is 0 Å². The molecule has 0 saturated heterocycles. The summed E-state index contributed by atoms with van der Waals surface area (Å²) in [6.07, 6.45) is 19.9. The van der Waals surface area contributed by atoms with E-state index >= 15 is 0 Å². The second kappa shape index (κ2) is 13.1. The number of aliphatic hydroxyl groups excluding tert-OH is 1. The third-order valence-electron chi connectivity index (χ3n) is 13.1. The molecule has 5 heteroatoms. The minimum Gasteiger partial charge on any atom is -0.413 e. The fourth-order valence-electron chi connectivity index (χ4n) is 7.93. The van der Waals surface area contributed by atoms with Crippen molar-refractivity contribution in [3.8, 4) is 0 Å². The molecule has 250 valence electrons. The first-order valence-electron chi connectivity index (χ1n) is 18.0. The van der Waals surface area contributed by atoms with Crippen LogP contribution in [0.4, 0.5) is 0 Å². The Balaban J connectivity index is 1.57. The highest BCUT2D eigenvalue weighted by Crippen LogP contribution is 2.59. The maximum atomic E-state index is 10.5. The summed E-state index contributed by atoms with van der Waals surface area (Å²) in [6, 6.07) is 0. The minimum absolute atomic E-state index is 0.0233. The van der Waals surface area contributed by atoms with Gasteiger partial charge in [0.1, 0.15) is 0 Å². The molecule has 0 aliphatic heterocycles. The highest BCUT2D eigenvalue weighted by molar-refractivity contribution is 6.74. The van der Waals surface area contributed by atoms with Gasteiger partial charge >= 0.3 is 0 Å². The Labute approximate surface area is 274 Å². The Kier molecular flexibility index (Phi) is 10.7. The molecule has 7 atom stereocenters.